The maximum absolute atomic E-state index is 12.1. The quantitative estimate of drug-likeness (QED) is 0.879. The molecule has 5 nitrogen and oxygen atoms in total. The Bertz CT molecular complexity index is 503. The lowest BCUT2D eigenvalue weighted by atomic mass is 9.75. The van der Waals surface area contributed by atoms with E-state index in [-0.39, 0.29) is 5.76 Å². The third-order valence-corrected chi connectivity index (χ3v) is 4.52. The van der Waals surface area contributed by atoms with Crippen LogP contribution in [0.4, 0.5) is 0 Å². The highest BCUT2D eigenvalue weighted by Gasteiger charge is 2.43. The van der Waals surface area contributed by atoms with Gasteiger partial charge in [0.15, 0.2) is 10.4 Å². The van der Waals surface area contributed by atoms with Crippen LogP contribution < -0.4 is 5.32 Å². The van der Waals surface area contributed by atoms with Crippen molar-refractivity contribution in [1.29, 1.82) is 0 Å². The number of hydrogen-bond donors (Lipinski definition) is 2. The Morgan fingerprint density at radius 2 is 2.10 bits per heavy atom. The van der Waals surface area contributed by atoms with E-state index in [1.807, 2.05) is 0 Å². The van der Waals surface area contributed by atoms with E-state index in [9.17, 15) is 14.7 Å². The van der Waals surface area contributed by atoms with Gasteiger partial charge in [-0.25, -0.2) is 4.79 Å². The number of carboxylic acids is 1. The summed E-state index contributed by atoms with van der Waals surface area (Å²) < 4.78 is 5.61. The molecule has 0 radical (unpaired) electrons. The first-order valence-corrected chi connectivity index (χ1v) is 7.57. The van der Waals surface area contributed by atoms with Crippen molar-refractivity contribution in [3.8, 4) is 0 Å². The van der Waals surface area contributed by atoms with E-state index in [1.165, 1.54) is 6.07 Å². The molecule has 1 saturated carbocycles. The molecule has 2 N–H and O–H groups in total. The van der Waals surface area contributed by atoms with Crippen LogP contribution in [-0.2, 0) is 4.79 Å². The summed E-state index contributed by atoms with van der Waals surface area (Å²) in [5.41, 5.74) is -1.16. The molecule has 20 heavy (non-hydrogen) atoms. The molecule has 0 atom stereocenters. The van der Waals surface area contributed by atoms with E-state index in [4.69, 9.17) is 4.42 Å². The van der Waals surface area contributed by atoms with Gasteiger partial charge in [-0.1, -0.05) is 13.3 Å². The van der Waals surface area contributed by atoms with E-state index in [0.29, 0.717) is 23.4 Å². The lowest BCUT2D eigenvalue weighted by Gasteiger charge is -2.36. The van der Waals surface area contributed by atoms with Crippen LogP contribution in [0.5, 0.6) is 0 Å². The highest BCUT2D eigenvalue weighted by molar-refractivity contribution is 9.10. The summed E-state index contributed by atoms with van der Waals surface area (Å²) in [5.74, 6) is -0.772. The zero-order valence-electron chi connectivity index (χ0n) is 11.3. The van der Waals surface area contributed by atoms with Crippen LogP contribution in [0.1, 0.15) is 49.6 Å². The van der Waals surface area contributed by atoms with E-state index in [0.717, 1.165) is 19.3 Å². The molecule has 0 aromatic carbocycles. The smallest absolute Gasteiger partial charge is 0.329 e. The van der Waals surface area contributed by atoms with Crippen LogP contribution in [0, 0.1) is 5.92 Å². The van der Waals surface area contributed by atoms with Gasteiger partial charge in [0.1, 0.15) is 5.54 Å². The van der Waals surface area contributed by atoms with E-state index in [2.05, 4.69) is 28.2 Å². The van der Waals surface area contributed by atoms with Crippen molar-refractivity contribution in [3.05, 3.63) is 22.6 Å². The van der Waals surface area contributed by atoms with Gasteiger partial charge >= 0.3 is 5.97 Å². The van der Waals surface area contributed by atoms with Crippen molar-refractivity contribution in [1.82, 2.24) is 5.32 Å². The summed E-state index contributed by atoms with van der Waals surface area (Å²) in [6, 6.07) is 3.13. The van der Waals surface area contributed by atoms with Crippen molar-refractivity contribution >= 4 is 27.8 Å². The third kappa shape index (κ3) is 3.06. The topological polar surface area (TPSA) is 79.5 Å². The van der Waals surface area contributed by atoms with Crippen LogP contribution in [0.15, 0.2) is 21.2 Å². The van der Waals surface area contributed by atoms with E-state index in [1.54, 1.807) is 6.07 Å². The minimum atomic E-state index is -1.16. The number of rotatable bonds is 4. The summed E-state index contributed by atoms with van der Waals surface area (Å²) in [4.78, 5) is 23.7. The number of carbonyl (C=O) groups is 2. The fourth-order valence-electron chi connectivity index (χ4n) is 2.69. The molecule has 2 rings (SSSR count). The SMILES string of the molecule is CCC1CCC(NC(=O)c2ccc(Br)o2)(C(=O)O)CC1. The normalized spacial score (nSPS) is 26.2. The van der Waals surface area contributed by atoms with Crippen molar-refractivity contribution < 1.29 is 19.1 Å². The monoisotopic (exact) mass is 343 g/mol. The first-order valence-electron chi connectivity index (χ1n) is 6.78. The predicted octanol–water partition coefficient (Wildman–Crippen LogP) is 3.20. The zero-order valence-corrected chi connectivity index (χ0v) is 12.9. The molecule has 1 fully saturated rings. The minimum Gasteiger partial charge on any atom is -0.480 e. The van der Waals surface area contributed by atoms with E-state index < -0.39 is 17.4 Å². The Labute approximate surface area is 125 Å². The minimum absolute atomic E-state index is 0.120. The highest BCUT2D eigenvalue weighted by atomic mass is 79.9. The standard InChI is InChI=1S/C14H18BrNO4/c1-2-9-5-7-14(8-6-9,13(18)19)16-12(17)10-3-4-11(15)20-10/h3-4,9H,2,5-8H2,1H3,(H,16,17)(H,18,19). The molecular formula is C14H18BrNO4. The van der Waals surface area contributed by atoms with Crippen molar-refractivity contribution in [2.45, 2.75) is 44.6 Å². The van der Waals surface area contributed by atoms with Crippen LogP contribution in [0.2, 0.25) is 0 Å². The second-order valence-corrected chi connectivity index (χ2v) is 6.08. The molecule has 0 spiro atoms. The maximum Gasteiger partial charge on any atom is 0.329 e. The molecule has 1 aromatic rings. The predicted molar refractivity (Wildman–Crippen MR) is 76.5 cm³/mol. The van der Waals surface area contributed by atoms with Crippen LogP contribution >= 0.6 is 15.9 Å². The van der Waals surface area contributed by atoms with Gasteiger partial charge < -0.3 is 14.8 Å². The van der Waals surface area contributed by atoms with Crippen LogP contribution in [0.3, 0.4) is 0 Å². The zero-order chi connectivity index (χ0) is 14.8. The van der Waals surface area contributed by atoms with Gasteiger partial charge in [0.05, 0.1) is 0 Å². The maximum atomic E-state index is 12.1. The Kier molecular flexibility index (Phi) is 4.52. The first kappa shape index (κ1) is 15.1. The summed E-state index contributed by atoms with van der Waals surface area (Å²) in [7, 11) is 0. The highest BCUT2D eigenvalue weighted by Crippen LogP contribution is 2.34. The van der Waals surface area contributed by atoms with Gasteiger partial charge in [0.2, 0.25) is 0 Å². The number of hydrogen-bond acceptors (Lipinski definition) is 3. The molecular weight excluding hydrogens is 326 g/mol. The molecule has 1 aliphatic rings. The third-order valence-electron chi connectivity index (χ3n) is 4.10. The Hall–Kier alpha value is -1.30. The molecule has 0 saturated heterocycles. The molecule has 110 valence electrons. The fourth-order valence-corrected chi connectivity index (χ4v) is 2.99. The van der Waals surface area contributed by atoms with Gasteiger partial charge in [-0.05, 0) is 59.7 Å². The number of furan rings is 1. The molecule has 0 aliphatic heterocycles. The summed E-state index contributed by atoms with van der Waals surface area (Å²) in [5, 5.41) is 12.1. The second-order valence-electron chi connectivity index (χ2n) is 5.30. The number of amides is 1. The van der Waals surface area contributed by atoms with Crippen molar-refractivity contribution in [2.24, 2.45) is 5.92 Å². The van der Waals surface area contributed by atoms with Gasteiger partial charge in [0, 0.05) is 0 Å². The largest absolute Gasteiger partial charge is 0.480 e. The average molecular weight is 344 g/mol. The van der Waals surface area contributed by atoms with Gasteiger partial charge in [0.25, 0.3) is 5.91 Å². The first-order chi connectivity index (χ1) is 9.47. The van der Waals surface area contributed by atoms with Gasteiger partial charge in [-0.3, -0.25) is 4.79 Å². The van der Waals surface area contributed by atoms with Crippen LogP contribution in [0.25, 0.3) is 0 Å². The number of nitrogens with one attached hydrogen (secondary N) is 1. The molecule has 0 unspecified atom stereocenters. The Morgan fingerprint density at radius 3 is 2.55 bits per heavy atom. The summed E-state index contributed by atoms with van der Waals surface area (Å²) >= 11 is 3.12. The molecule has 1 aliphatic carbocycles. The Morgan fingerprint density at radius 1 is 1.45 bits per heavy atom. The van der Waals surface area contributed by atoms with Gasteiger partial charge in [-0.15, -0.1) is 0 Å². The number of carbonyl (C=O) groups excluding carboxylic acids is 1. The summed E-state index contributed by atoms with van der Waals surface area (Å²) in [6.07, 6.45) is 3.63. The van der Waals surface area contributed by atoms with Crippen LogP contribution in [-0.4, -0.2) is 22.5 Å². The average Bonchev–Trinajstić information content (AvgIpc) is 2.86. The number of carboxylic acid groups (broad SMARTS) is 1. The molecule has 1 aromatic heterocycles. The molecule has 1 heterocycles. The second kappa shape index (κ2) is 5.99. The van der Waals surface area contributed by atoms with Crippen molar-refractivity contribution in [2.75, 3.05) is 0 Å². The Balaban J connectivity index is 2.10. The summed E-state index contributed by atoms with van der Waals surface area (Å²) in [6.45, 7) is 2.11. The fraction of sp³-hybridized carbons (Fsp3) is 0.571. The lowest BCUT2D eigenvalue weighted by molar-refractivity contribution is -0.146. The van der Waals surface area contributed by atoms with E-state index >= 15 is 0 Å². The number of halogens is 1. The molecule has 1 amide bonds. The van der Waals surface area contributed by atoms with Crippen molar-refractivity contribution in [3.63, 3.8) is 0 Å². The molecule has 0 bridgehead atoms. The number of aliphatic carboxylic acids is 1. The molecule has 6 heteroatoms. The van der Waals surface area contributed by atoms with Gasteiger partial charge in [-0.2, -0.15) is 0 Å². The lowest BCUT2D eigenvalue weighted by Crippen LogP contribution is -2.56.